The molecule has 2 aromatic rings. The van der Waals surface area contributed by atoms with Crippen molar-refractivity contribution in [3.63, 3.8) is 0 Å². The Kier molecular flexibility index (Phi) is 17.2. The number of carbonyl (C=O) groups excluding carboxylic acids is 4. The number of amides is 1. The lowest BCUT2D eigenvalue weighted by Gasteiger charge is -2.48. The van der Waals surface area contributed by atoms with E-state index >= 15 is 0 Å². The van der Waals surface area contributed by atoms with E-state index in [1.165, 1.54) is 20.2 Å². The number of ether oxygens (including phenoxy) is 5. The van der Waals surface area contributed by atoms with Crippen LogP contribution in [-0.4, -0.2) is 175 Å². The summed E-state index contributed by atoms with van der Waals surface area (Å²) in [6.45, 7) is 17.0. The molecule has 20 nitrogen and oxygen atoms in total. The number of Topliss-reactive ketones (excluding diaryl/α,β-unsaturated/α-hetero) is 2. The molecule has 2 aromatic heterocycles. The highest BCUT2D eigenvalue weighted by atomic mass is 16.7. The van der Waals surface area contributed by atoms with Crippen LogP contribution >= 0.6 is 0 Å². The number of nitrogens with zero attached hydrogens (tertiary/aromatic N) is 5. The van der Waals surface area contributed by atoms with Gasteiger partial charge in [0.25, 0.3) is 0 Å². The highest BCUT2D eigenvalue weighted by Crippen LogP contribution is 2.45. The molecule has 4 aliphatic rings. The number of hydrogen-bond donors (Lipinski definition) is 4. The molecule has 0 saturated carbocycles. The van der Waals surface area contributed by atoms with Crippen molar-refractivity contribution in [2.75, 3.05) is 34.3 Å². The fourth-order valence-electron chi connectivity index (χ4n) is 10.4. The first-order valence-corrected chi connectivity index (χ1v) is 23.1. The van der Waals surface area contributed by atoms with Gasteiger partial charge in [-0.3, -0.25) is 34.2 Å². The summed E-state index contributed by atoms with van der Waals surface area (Å²) in [5, 5.41) is 37.9. The Bertz CT molecular complexity index is 2230. The van der Waals surface area contributed by atoms with E-state index < -0.39 is 95.3 Å². The Morgan fingerprint density at radius 2 is 1.62 bits per heavy atom. The van der Waals surface area contributed by atoms with E-state index in [-0.39, 0.29) is 44.0 Å². The summed E-state index contributed by atoms with van der Waals surface area (Å²) in [5.41, 5.74) is 0.0779. The number of aromatic nitrogens is 2. The molecule has 6 rings (SSSR count). The molecule has 378 valence electrons. The third kappa shape index (κ3) is 11.3. The summed E-state index contributed by atoms with van der Waals surface area (Å²) < 4.78 is 31.4. The van der Waals surface area contributed by atoms with Crippen molar-refractivity contribution in [2.45, 2.75) is 148 Å². The number of aromatic hydroxyl groups is 1. The topological polar surface area (TPSA) is 265 Å². The van der Waals surface area contributed by atoms with Crippen LogP contribution < -0.4 is 0 Å². The van der Waals surface area contributed by atoms with E-state index in [0.29, 0.717) is 54.8 Å². The molecule has 0 aromatic carbocycles. The number of carbonyl (C=O) groups is 6. The summed E-state index contributed by atoms with van der Waals surface area (Å²) in [6.07, 6.45) is -0.00503. The molecular formula is C48H71N5O15. The first-order valence-electron chi connectivity index (χ1n) is 23.1. The van der Waals surface area contributed by atoms with Crippen LogP contribution in [0.2, 0.25) is 0 Å². The van der Waals surface area contributed by atoms with Crippen LogP contribution in [0.15, 0.2) is 30.6 Å². The van der Waals surface area contributed by atoms with Crippen molar-refractivity contribution in [1.82, 2.24) is 24.7 Å². The third-order valence-electron chi connectivity index (χ3n) is 14.1. The largest absolute Gasteiger partial charge is 0.506 e. The number of pyridine rings is 2. The summed E-state index contributed by atoms with van der Waals surface area (Å²) in [6, 6.07) is 0.392. The second kappa shape index (κ2) is 21.7. The lowest BCUT2D eigenvalue weighted by molar-refractivity contribution is -0.295. The summed E-state index contributed by atoms with van der Waals surface area (Å²) in [4.78, 5) is 91.0. The molecule has 1 amide bonds. The standard InChI is InChI=1S/C44H65N5O11.C4H4O4.H2/c1-13-33-44(9)38(49(42(55)60-44)28-19-48(20-28)21-29-32(50)18-45-30-14-22(2)17-46-34(29)30)25(5)35(51)23(3)16-43(8,56-12)39(26(6)36(52)27(7)40(54)58-33)59-41-37(53)31(47(10)11)15-24(4)57-41;5-3(6)1-2-4(7)8;/h14,17-18,23-28,31,33,37-39,41,50,53H,13,15-16,19-21H2,1-12H3;1-2H,(H,5,6)(H,7,8);1H/b;2-1+;/t23-,24-,25+,26+,27-,31+,33-,37-,38-,39-,41+,43-,44-;;/m1../s1. The SMILES string of the molecule is CC[C@H]1OC(=O)[C@H](C)C(=O)[C@H](C)[C@@H](O[C@@H]2O[C@H](C)C[C@H](N(C)C)[C@H]2O)[C@](C)(OC)C[C@@H](C)C(=O)[C@H](C)[C@H]2N(C3CN(Cc4c(O)cnc5cc(C)cnc45)C3)C(=O)O[C@]12C.O=C(O)/C=C/C(=O)O.[HH]. The number of likely N-dealkylation sites (N-methyl/N-ethyl adjacent to an activating group) is 1. The van der Waals surface area contributed by atoms with Gasteiger partial charge in [-0.25, -0.2) is 14.4 Å². The number of aliphatic carboxylic acids is 2. The predicted octanol–water partition coefficient (Wildman–Crippen LogP) is 3.99. The minimum Gasteiger partial charge on any atom is -0.506 e. The van der Waals surface area contributed by atoms with Gasteiger partial charge in [0.15, 0.2) is 17.7 Å². The molecule has 0 bridgehead atoms. The van der Waals surface area contributed by atoms with E-state index in [9.17, 15) is 39.0 Å². The van der Waals surface area contributed by atoms with Crippen molar-refractivity contribution in [1.29, 1.82) is 0 Å². The number of carboxylic acid groups (broad SMARTS) is 2. The van der Waals surface area contributed by atoms with Crippen LogP contribution in [0.3, 0.4) is 0 Å². The lowest BCUT2D eigenvalue weighted by Crippen LogP contribution is -2.65. The van der Waals surface area contributed by atoms with Crippen LogP contribution in [0.25, 0.3) is 11.0 Å². The molecule has 20 heteroatoms. The number of esters is 1. The Morgan fingerprint density at radius 3 is 2.19 bits per heavy atom. The van der Waals surface area contributed by atoms with Crippen LogP contribution in [0.1, 0.15) is 87.2 Å². The summed E-state index contributed by atoms with van der Waals surface area (Å²) in [7, 11) is 5.22. The number of fused-ring (bicyclic) bond motifs is 2. The summed E-state index contributed by atoms with van der Waals surface area (Å²) >= 11 is 0. The number of methoxy groups -OCH3 is 1. The third-order valence-corrected chi connectivity index (χ3v) is 14.1. The number of carboxylic acids is 2. The van der Waals surface area contributed by atoms with Crippen molar-refractivity contribution < 1.29 is 74.3 Å². The monoisotopic (exact) mass is 957 g/mol. The molecule has 4 N–H and O–H groups in total. The molecule has 13 atom stereocenters. The maximum absolute atomic E-state index is 14.9. The number of rotatable bonds is 10. The lowest BCUT2D eigenvalue weighted by atomic mass is 9.73. The maximum atomic E-state index is 14.9. The second-order valence-corrected chi connectivity index (χ2v) is 19.5. The average molecular weight is 958 g/mol. The number of aliphatic hydroxyl groups excluding tert-OH is 1. The Hall–Kier alpha value is -5.12. The number of aliphatic hydroxyl groups is 1. The zero-order chi connectivity index (χ0) is 50.7. The van der Waals surface area contributed by atoms with Gasteiger partial charge >= 0.3 is 24.0 Å². The minimum atomic E-state index is -1.46. The van der Waals surface area contributed by atoms with Gasteiger partial charge in [0, 0.05) is 75.9 Å². The quantitative estimate of drug-likeness (QED) is 0.149. The fraction of sp³-hybridized carbons (Fsp3) is 0.667. The molecular weight excluding hydrogens is 887 g/mol. The average Bonchev–Trinajstić information content (AvgIpc) is 3.53. The smallest absolute Gasteiger partial charge is 0.411 e. The van der Waals surface area contributed by atoms with Crippen LogP contribution in [0.4, 0.5) is 4.79 Å². The van der Waals surface area contributed by atoms with Crippen LogP contribution in [0, 0.1) is 30.6 Å². The van der Waals surface area contributed by atoms with Crippen molar-refractivity contribution in [2.24, 2.45) is 23.7 Å². The molecule has 4 aliphatic heterocycles. The first kappa shape index (κ1) is 53.8. The van der Waals surface area contributed by atoms with Crippen molar-refractivity contribution >= 4 is 46.6 Å². The maximum Gasteiger partial charge on any atom is 0.411 e. The molecule has 0 unspecified atom stereocenters. The first-order chi connectivity index (χ1) is 31.8. The highest BCUT2D eigenvalue weighted by molar-refractivity contribution is 6.00. The van der Waals surface area contributed by atoms with E-state index in [1.807, 2.05) is 45.8 Å². The van der Waals surface area contributed by atoms with Gasteiger partial charge < -0.3 is 49.0 Å². The predicted molar refractivity (Wildman–Crippen MR) is 246 cm³/mol. The normalized spacial score (nSPS) is 34.4. The van der Waals surface area contributed by atoms with Crippen LogP contribution in [0.5, 0.6) is 5.75 Å². The molecule has 0 spiro atoms. The molecule has 0 radical (unpaired) electrons. The van der Waals surface area contributed by atoms with E-state index in [4.69, 9.17) is 33.9 Å². The van der Waals surface area contributed by atoms with Gasteiger partial charge in [-0.05, 0) is 79.6 Å². The number of likely N-dealkylation sites (tertiary alicyclic amines) is 1. The van der Waals surface area contributed by atoms with Gasteiger partial charge in [0.05, 0.1) is 47.1 Å². The fourth-order valence-corrected chi connectivity index (χ4v) is 10.4. The molecule has 0 aliphatic carbocycles. The molecule has 6 heterocycles. The number of cyclic esters (lactones) is 1. The number of aryl methyl sites for hydroxylation is 1. The summed E-state index contributed by atoms with van der Waals surface area (Å²) in [5.74, 6) is -7.64. The van der Waals surface area contributed by atoms with E-state index in [0.717, 1.165) is 5.56 Å². The number of hydrogen-bond acceptors (Lipinski definition) is 17. The molecule has 4 saturated heterocycles. The highest BCUT2D eigenvalue weighted by Gasteiger charge is 2.62. The second-order valence-electron chi connectivity index (χ2n) is 19.5. The van der Waals surface area contributed by atoms with Crippen molar-refractivity contribution in [3.8, 4) is 5.75 Å². The number of ketones is 2. The van der Waals surface area contributed by atoms with Gasteiger partial charge in [-0.1, -0.05) is 27.7 Å². The Labute approximate surface area is 398 Å². The van der Waals surface area contributed by atoms with Gasteiger partial charge in [0.1, 0.15) is 29.7 Å². The zero-order valence-electron chi connectivity index (χ0n) is 41.1. The van der Waals surface area contributed by atoms with Gasteiger partial charge in [0.2, 0.25) is 0 Å². The van der Waals surface area contributed by atoms with Crippen LogP contribution in [-0.2, 0) is 54.2 Å². The van der Waals surface area contributed by atoms with E-state index in [2.05, 4.69) is 14.9 Å². The van der Waals surface area contributed by atoms with Gasteiger partial charge in [-0.2, -0.15) is 0 Å². The zero-order valence-corrected chi connectivity index (χ0v) is 41.1. The van der Waals surface area contributed by atoms with Crippen molar-refractivity contribution in [3.05, 3.63) is 41.7 Å². The van der Waals surface area contributed by atoms with E-state index in [1.54, 1.807) is 45.7 Å². The Morgan fingerprint density at radius 1 is 0.985 bits per heavy atom. The van der Waals surface area contributed by atoms with Gasteiger partial charge in [-0.15, -0.1) is 0 Å². The minimum absolute atomic E-state index is 0. The molecule has 68 heavy (non-hydrogen) atoms. The Balaban J connectivity index is 0.00000106. The molecule has 4 fully saturated rings.